The molecular formula is C20H37Cl4N7O2. The molecule has 13 heteroatoms. The van der Waals surface area contributed by atoms with Crippen LogP contribution in [-0.4, -0.2) is 63.1 Å². The Morgan fingerprint density at radius 1 is 1.00 bits per heavy atom. The van der Waals surface area contributed by atoms with Crippen molar-refractivity contribution in [2.24, 2.45) is 5.73 Å². The molecule has 0 bridgehead atoms. The zero-order valence-corrected chi connectivity index (χ0v) is 21.9. The highest BCUT2D eigenvalue weighted by atomic mass is 35.5. The molecular weight excluding hydrogens is 512 g/mol. The Bertz CT molecular complexity index is 800. The zero-order chi connectivity index (χ0) is 20.1. The van der Waals surface area contributed by atoms with Gasteiger partial charge in [-0.25, -0.2) is 4.98 Å². The monoisotopic (exact) mass is 547 g/mol. The molecule has 2 heterocycles. The fraction of sp³-hybridized carbons (Fsp3) is 0.750. The maximum absolute atomic E-state index is 8.84. The van der Waals surface area contributed by atoms with Crippen LogP contribution in [0.5, 0.6) is 0 Å². The van der Waals surface area contributed by atoms with Crippen molar-refractivity contribution in [3.05, 3.63) is 6.33 Å². The standard InChI is InChI=1S/C20H33N7O2.4ClH/c21-14-5-7-15(8-6-14)24-20-25-18(22-9-11-29-12-10-28)17-19(26-20)27(13-23-17)16-3-1-2-4-16;;;;/h13-16,28H,1-12,21H2,(H2,22,24,25,26);4*1H. The topological polar surface area (TPSA) is 123 Å². The van der Waals surface area contributed by atoms with E-state index in [0.29, 0.717) is 43.8 Å². The summed E-state index contributed by atoms with van der Waals surface area (Å²) in [5.41, 5.74) is 7.74. The average molecular weight is 549 g/mol. The molecule has 0 atom stereocenters. The Labute approximate surface area is 220 Å². The number of fused-ring (bicyclic) bond motifs is 1. The molecule has 5 N–H and O–H groups in total. The molecule has 0 aliphatic heterocycles. The lowest BCUT2D eigenvalue weighted by Gasteiger charge is -2.27. The number of halogens is 4. The van der Waals surface area contributed by atoms with Crippen molar-refractivity contribution in [1.29, 1.82) is 0 Å². The Morgan fingerprint density at radius 3 is 2.36 bits per heavy atom. The number of hydrogen-bond donors (Lipinski definition) is 4. The van der Waals surface area contributed by atoms with Crippen molar-refractivity contribution >= 4 is 72.6 Å². The minimum absolute atomic E-state index is 0. The summed E-state index contributed by atoms with van der Waals surface area (Å²) in [6.07, 6.45) is 10.9. The van der Waals surface area contributed by atoms with Crippen LogP contribution in [-0.2, 0) is 4.74 Å². The van der Waals surface area contributed by atoms with Gasteiger partial charge in [-0.15, -0.1) is 49.6 Å². The maximum Gasteiger partial charge on any atom is 0.227 e. The predicted molar refractivity (Wildman–Crippen MR) is 142 cm³/mol. The van der Waals surface area contributed by atoms with Crippen LogP contribution in [0.2, 0.25) is 0 Å². The molecule has 4 rings (SSSR count). The molecule has 0 unspecified atom stereocenters. The first-order chi connectivity index (χ1) is 14.2. The van der Waals surface area contributed by atoms with Gasteiger partial charge in [-0.2, -0.15) is 9.97 Å². The van der Waals surface area contributed by atoms with Gasteiger partial charge in [0.1, 0.15) is 0 Å². The van der Waals surface area contributed by atoms with E-state index < -0.39 is 0 Å². The number of hydrogen-bond acceptors (Lipinski definition) is 8. The van der Waals surface area contributed by atoms with Crippen LogP contribution in [0.25, 0.3) is 11.2 Å². The third-order valence-electron chi connectivity index (χ3n) is 6.02. The minimum atomic E-state index is 0. The van der Waals surface area contributed by atoms with E-state index in [1.54, 1.807) is 0 Å². The molecule has 0 radical (unpaired) electrons. The number of nitrogens with zero attached hydrogens (tertiary/aromatic N) is 4. The van der Waals surface area contributed by atoms with E-state index in [-0.39, 0.29) is 56.2 Å². The van der Waals surface area contributed by atoms with E-state index in [9.17, 15) is 0 Å². The fourth-order valence-corrected chi connectivity index (χ4v) is 4.41. The lowest BCUT2D eigenvalue weighted by Crippen LogP contribution is -2.33. The van der Waals surface area contributed by atoms with Crippen molar-refractivity contribution < 1.29 is 9.84 Å². The summed E-state index contributed by atoms with van der Waals surface area (Å²) in [5.74, 6) is 1.38. The molecule has 0 aromatic carbocycles. The first kappa shape index (κ1) is 32.2. The lowest BCUT2D eigenvalue weighted by molar-refractivity contribution is 0.0992. The van der Waals surface area contributed by atoms with Crippen molar-refractivity contribution in [3.63, 3.8) is 0 Å². The number of imidazole rings is 1. The van der Waals surface area contributed by atoms with Crippen LogP contribution in [0.4, 0.5) is 11.8 Å². The Hall–Kier alpha value is -0.810. The molecule has 2 aliphatic rings. The van der Waals surface area contributed by atoms with Gasteiger partial charge in [-0.1, -0.05) is 12.8 Å². The molecule has 0 saturated heterocycles. The SMILES string of the molecule is Cl.Cl.Cl.Cl.NC1CCC(Nc2nc(NCCOCCO)c3ncn(C4CCCC4)c3n2)CC1. The number of aliphatic hydroxyl groups is 1. The lowest BCUT2D eigenvalue weighted by atomic mass is 9.92. The van der Waals surface area contributed by atoms with Gasteiger partial charge in [0.2, 0.25) is 5.95 Å². The molecule has 0 amide bonds. The van der Waals surface area contributed by atoms with E-state index in [1.165, 1.54) is 25.7 Å². The minimum Gasteiger partial charge on any atom is -0.394 e. The maximum atomic E-state index is 8.84. The number of aliphatic hydroxyl groups excluding tert-OH is 1. The molecule has 192 valence electrons. The van der Waals surface area contributed by atoms with Crippen LogP contribution >= 0.6 is 49.6 Å². The van der Waals surface area contributed by atoms with Gasteiger partial charge >= 0.3 is 0 Å². The largest absolute Gasteiger partial charge is 0.394 e. The Balaban J connectivity index is 0.00000256. The van der Waals surface area contributed by atoms with Crippen LogP contribution in [0.3, 0.4) is 0 Å². The van der Waals surface area contributed by atoms with Gasteiger partial charge in [0, 0.05) is 24.7 Å². The average Bonchev–Trinajstić information content (AvgIpc) is 3.39. The predicted octanol–water partition coefficient (Wildman–Crippen LogP) is 3.73. The van der Waals surface area contributed by atoms with Crippen LogP contribution < -0.4 is 16.4 Å². The number of aromatic nitrogens is 4. The van der Waals surface area contributed by atoms with E-state index in [1.807, 2.05) is 6.33 Å². The van der Waals surface area contributed by atoms with Crippen molar-refractivity contribution in [2.45, 2.75) is 69.5 Å². The van der Waals surface area contributed by atoms with E-state index in [0.717, 1.165) is 42.7 Å². The van der Waals surface area contributed by atoms with E-state index >= 15 is 0 Å². The second-order valence-corrected chi connectivity index (χ2v) is 8.18. The van der Waals surface area contributed by atoms with Gasteiger partial charge in [-0.3, -0.25) is 0 Å². The van der Waals surface area contributed by atoms with Crippen LogP contribution in [0, 0.1) is 0 Å². The van der Waals surface area contributed by atoms with Crippen molar-refractivity contribution in [3.8, 4) is 0 Å². The highest BCUT2D eigenvalue weighted by molar-refractivity contribution is 5.86. The van der Waals surface area contributed by atoms with Crippen molar-refractivity contribution in [1.82, 2.24) is 19.5 Å². The van der Waals surface area contributed by atoms with Gasteiger partial charge in [0.05, 0.1) is 26.1 Å². The molecule has 2 aromatic heterocycles. The quantitative estimate of drug-likeness (QED) is 0.349. The Morgan fingerprint density at radius 2 is 1.70 bits per heavy atom. The molecule has 33 heavy (non-hydrogen) atoms. The third-order valence-corrected chi connectivity index (χ3v) is 6.02. The molecule has 0 spiro atoms. The molecule has 2 saturated carbocycles. The Kier molecular flexibility index (Phi) is 15.6. The molecule has 2 aliphatic carbocycles. The molecule has 2 fully saturated rings. The normalized spacial score (nSPS) is 20.2. The first-order valence-electron chi connectivity index (χ1n) is 10.9. The first-order valence-corrected chi connectivity index (χ1v) is 10.9. The summed E-state index contributed by atoms with van der Waals surface area (Å²) in [4.78, 5) is 14.2. The summed E-state index contributed by atoms with van der Waals surface area (Å²) in [6, 6.07) is 1.14. The fourth-order valence-electron chi connectivity index (χ4n) is 4.41. The van der Waals surface area contributed by atoms with Gasteiger partial charge < -0.3 is 30.8 Å². The summed E-state index contributed by atoms with van der Waals surface area (Å²) >= 11 is 0. The number of anilines is 2. The van der Waals surface area contributed by atoms with E-state index in [4.69, 9.17) is 25.5 Å². The van der Waals surface area contributed by atoms with Crippen molar-refractivity contribution in [2.75, 3.05) is 37.0 Å². The second kappa shape index (κ2) is 16.0. The highest BCUT2D eigenvalue weighted by Crippen LogP contribution is 2.33. The van der Waals surface area contributed by atoms with E-state index in [2.05, 4.69) is 20.2 Å². The summed E-state index contributed by atoms with van der Waals surface area (Å²) in [6.45, 7) is 1.47. The second-order valence-electron chi connectivity index (χ2n) is 8.18. The van der Waals surface area contributed by atoms with Crippen LogP contribution in [0.1, 0.15) is 57.4 Å². The smallest absolute Gasteiger partial charge is 0.227 e. The third kappa shape index (κ3) is 8.42. The zero-order valence-electron chi connectivity index (χ0n) is 18.6. The number of nitrogens with one attached hydrogen (secondary N) is 2. The van der Waals surface area contributed by atoms with Crippen LogP contribution in [0.15, 0.2) is 6.33 Å². The van der Waals surface area contributed by atoms with Gasteiger partial charge in [0.15, 0.2) is 17.0 Å². The summed E-state index contributed by atoms with van der Waals surface area (Å²) in [7, 11) is 0. The van der Waals surface area contributed by atoms with Gasteiger partial charge in [0.25, 0.3) is 0 Å². The van der Waals surface area contributed by atoms with Gasteiger partial charge in [-0.05, 0) is 38.5 Å². The highest BCUT2D eigenvalue weighted by Gasteiger charge is 2.23. The number of rotatable bonds is 9. The summed E-state index contributed by atoms with van der Waals surface area (Å²) in [5, 5.41) is 15.7. The summed E-state index contributed by atoms with van der Waals surface area (Å²) < 4.78 is 7.58. The number of nitrogens with two attached hydrogens (primary N) is 1. The molecule has 2 aromatic rings. The number of ether oxygens (including phenoxy) is 1. The molecule has 9 nitrogen and oxygen atoms in total.